The van der Waals surface area contributed by atoms with Crippen LogP contribution in [0.2, 0.25) is 0 Å². The summed E-state index contributed by atoms with van der Waals surface area (Å²) in [6, 6.07) is 10.9. The zero-order chi connectivity index (χ0) is 16.4. The van der Waals surface area contributed by atoms with Crippen LogP contribution in [0.4, 0.5) is 13.2 Å². The molecule has 122 valence electrons. The summed E-state index contributed by atoms with van der Waals surface area (Å²) in [7, 11) is 0. The smallest absolute Gasteiger partial charge is 0.391 e. The molecule has 0 bridgehead atoms. The van der Waals surface area contributed by atoms with Gasteiger partial charge in [-0.15, -0.1) is 0 Å². The molecule has 0 aliphatic heterocycles. The highest BCUT2D eigenvalue weighted by molar-refractivity contribution is 5.89. The average Bonchev–Trinajstić information content (AvgIpc) is 2.54. The molecule has 2 nitrogen and oxygen atoms in total. The van der Waals surface area contributed by atoms with Gasteiger partial charge in [0.25, 0.3) is 0 Å². The Balaban J connectivity index is 1.67. The maximum atomic E-state index is 12.7. The minimum absolute atomic E-state index is 0.129. The molecular weight excluding hydrogens is 305 g/mol. The summed E-state index contributed by atoms with van der Waals surface area (Å²) in [6.07, 6.45) is -2.36. The highest BCUT2D eigenvalue weighted by atomic mass is 19.4. The number of fused-ring (bicyclic) bond motifs is 1. The number of hydrogen-bond donors (Lipinski definition) is 0. The second-order valence-corrected chi connectivity index (χ2v) is 6.02. The lowest BCUT2D eigenvalue weighted by molar-refractivity contribution is -0.185. The topological polar surface area (TPSA) is 26.3 Å². The maximum Gasteiger partial charge on any atom is 0.391 e. The molecule has 0 unspecified atom stereocenters. The Morgan fingerprint density at radius 1 is 0.957 bits per heavy atom. The van der Waals surface area contributed by atoms with E-state index in [4.69, 9.17) is 4.74 Å². The number of carbonyl (C=O) groups excluding carboxylic acids is 1. The Kier molecular flexibility index (Phi) is 4.28. The average molecular weight is 322 g/mol. The van der Waals surface area contributed by atoms with Crippen LogP contribution < -0.4 is 4.74 Å². The fourth-order valence-corrected chi connectivity index (χ4v) is 3.09. The summed E-state index contributed by atoms with van der Waals surface area (Å²) >= 11 is 0. The van der Waals surface area contributed by atoms with E-state index in [1.54, 1.807) is 18.2 Å². The quantitative estimate of drug-likeness (QED) is 0.730. The second kappa shape index (κ2) is 6.22. The van der Waals surface area contributed by atoms with Crippen molar-refractivity contribution in [3.05, 3.63) is 42.0 Å². The van der Waals surface area contributed by atoms with Gasteiger partial charge >= 0.3 is 6.18 Å². The summed E-state index contributed by atoms with van der Waals surface area (Å²) in [5.41, 5.74) is 0.608. The van der Waals surface area contributed by atoms with Crippen LogP contribution in [0, 0.1) is 5.92 Å². The molecule has 1 fully saturated rings. The van der Waals surface area contributed by atoms with E-state index in [1.165, 1.54) is 0 Å². The summed E-state index contributed by atoms with van der Waals surface area (Å²) in [6.45, 7) is 0. The standard InChI is InChI=1S/C18H17F3O2/c19-18(20,21)15-4-7-16(8-5-15)23-17-6-3-13-9-12(11-22)1-2-14(13)10-17/h1-3,6,9-11,15-16H,4-5,7-8H2/t15-,16+. The minimum atomic E-state index is -4.09. The second-order valence-electron chi connectivity index (χ2n) is 6.02. The Hall–Kier alpha value is -2.04. The van der Waals surface area contributed by atoms with Gasteiger partial charge in [-0.05, 0) is 54.7 Å². The normalized spacial score (nSPS) is 22.0. The fourth-order valence-electron chi connectivity index (χ4n) is 3.09. The van der Waals surface area contributed by atoms with Gasteiger partial charge in [0.1, 0.15) is 12.0 Å². The van der Waals surface area contributed by atoms with E-state index in [1.807, 2.05) is 18.2 Å². The lowest BCUT2D eigenvalue weighted by Gasteiger charge is -2.30. The predicted octanol–water partition coefficient (Wildman–Crippen LogP) is 5.15. The Labute approximate surface area is 132 Å². The largest absolute Gasteiger partial charge is 0.490 e. The SMILES string of the molecule is O=Cc1ccc2cc(O[C@H]3CC[C@@H](C(F)(F)F)CC3)ccc2c1. The van der Waals surface area contributed by atoms with Crippen LogP contribution in [0.1, 0.15) is 36.0 Å². The van der Waals surface area contributed by atoms with E-state index in [9.17, 15) is 18.0 Å². The van der Waals surface area contributed by atoms with Gasteiger partial charge in [0.15, 0.2) is 0 Å². The number of aldehydes is 1. The van der Waals surface area contributed by atoms with Gasteiger partial charge in [0.05, 0.1) is 12.0 Å². The number of rotatable bonds is 3. The van der Waals surface area contributed by atoms with Crippen molar-refractivity contribution in [1.29, 1.82) is 0 Å². The van der Waals surface area contributed by atoms with Crippen molar-refractivity contribution in [2.75, 3.05) is 0 Å². The molecule has 0 radical (unpaired) electrons. The molecule has 23 heavy (non-hydrogen) atoms. The van der Waals surface area contributed by atoms with Gasteiger partial charge in [-0.1, -0.05) is 18.2 Å². The molecule has 2 aromatic rings. The molecule has 0 atom stereocenters. The van der Waals surface area contributed by atoms with Crippen molar-refractivity contribution < 1.29 is 22.7 Å². The van der Waals surface area contributed by atoms with Crippen LogP contribution in [-0.2, 0) is 0 Å². The van der Waals surface area contributed by atoms with Crippen molar-refractivity contribution >= 4 is 17.1 Å². The van der Waals surface area contributed by atoms with E-state index >= 15 is 0 Å². The van der Waals surface area contributed by atoms with Crippen LogP contribution in [0.5, 0.6) is 5.75 Å². The van der Waals surface area contributed by atoms with Gasteiger partial charge in [-0.25, -0.2) is 0 Å². The number of halogens is 3. The Morgan fingerprint density at radius 3 is 2.26 bits per heavy atom. The van der Waals surface area contributed by atoms with Crippen LogP contribution in [0.25, 0.3) is 10.8 Å². The van der Waals surface area contributed by atoms with Crippen LogP contribution in [0.3, 0.4) is 0 Å². The van der Waals surface area contributed by atoms with E-state index in [-0.39, 0.29) is 18.9 Å². The Bertz CT molecular complexity index is 701. The summed E-state index contributed by atoms with van der Waals surface area (Å²) < 4.78 is 43.8. The molecule has 0 heterocycles. The number of benzene rings is 2. The monoisotopic (exact) mass is 322 g/mol. The molecular formula is C18H17F3O2. The first kappa shape index (κ1) is 15.8. The fraction of sp³-hybridized carbons (Fsp3) is 0.389. The van der Waals surface area contributed by atoms with Crippen molar-refractivity contribution in [3.8, 4) is 5.75 Å². The van der Waals surface area contributed by atoms with Crippen LogP contribution in [0.15, 0.2) is 36.4 Å². The van der Waals surface area contributed by atoms with Crippen LogP contribution in [-0.4, -0.2) is 18.6 Å². The van der Waals surface area contributed by atoms with E-state index in [2.05, 4.69) is 0 Å². The zero-order valence-electron chi connectivity index (χ0n) is 12.5. The third-order valence-corrected chi connectivity index (χ3v) is 4.41. The number of carbonyl (C=O) groups is 1. The van der Waals surface area contributed by atoms with Crippen molar-refractivity contribution in [3.63, 3.8) is 0 Å². The lowest BCUT2D eigenvalue weighted by Crippen LogP contribution is -2.31. The lowest BCUT2D eigenvalue weighted by atomic mass is 9.87. The van der Waals surface area contributed by atoms with Gasteiger partial charge in [0, 0.05) is 5.56 Å². The van der Waals surface area contributed by atoms with Crippen molar-refractivity contribution in [2.45, 2.75) is 38.0 Å². The van der Waals surface area contributed by atoms with E-state index in [0.29, 0.717) is 24.2 Å². The first-order valence-electron chi connectivity index (χ1n) is 7.68. The summed E-state index contributed by atoms with van der Waals surface area (Å²) in [4.78, 5) is 10.8. The molecule has 1 aliphatic carbocycles. The van der Waals surface area contributed by atoms with E-state index in [0.717, 1.165) is 17.1 Å². The third kappa shape index (κ3) is 3.66. The molecule has 0 amide bonds. The summed E-state index contributed by atoms with van der Waals surface area (Å²) in [5.74, 6) is -0.535. The van der Waals surface area contributed by atoms with E-state index < -0.39 is 12.1 Å². The highest BCUT2D eigenvalue weighted by Gasteiger charge is 2.41. The predicted molar refractivity (Wildman–Crippen MR) is 81.8 cm³/mol. The molecule has 0 aromatic heterocycles. The maximum absolute atomic E-state index is 12.7. The van der Waals surface area contributed by atoms with Gasteiger partial charge < -0.3 is 4.74 Å². The Morgan fingerprint density at radius 2 is 1.61 bits per heavy atom. The van der Waals surface area contributed by atoms with Crippen molar-refractivity contribution in [1.82, 2.24) is 0 Å². The minimum Gasteiger partial charge on any atom is -0.490 e. The molecule has 0 N–H and O–H groups in total. The van der Waals surface area contributed by atoms with Gasteiger partial charge in [-0.3, -0.25) is 4.79 Å². The van der Waals surface area contributed by atoms with Crippen LogP contribution >= 0.6 is 0 Å². The molecule has 3 rings (SSSR count). The van der Waals surface area contributed by atoms with Gasteiger partial charge in [-0.2, -0.15) is 13.2 Å². The molecule has 1 aliphatic rings. The number of hydrogen-bond acceptors (Lipinski definition) is 2. The third-order valence-electron chi connectivity index (χ3n) is 4.41. The van der Waals surface area contributed by atoms with Gasteiger partial charge in [0.2, 0.25) is 0 Å². The number of alkyl halides is 3. The first-order chi connectivity index (χ1) is 11.0. The first-order valence-corrected chi connectivity index (χ1v) is 7.68. The molecule has 0 spiro atoms. The number of ether oxygens (including phenoxy) is 1. The summed E-state index contributed by atoms with van der Waals surface area (Å²) in [5, 5.41) is 1.87. The van der Waals surface area contributed by atoms with Crippen molar-refractivity contribution in [2.24, 2.45) is 5.92 Å². The molecule has 0 saturated heterocycles. The molecule has 1 saturated carbocycles. The highest BCUT2D eigenvalue weighted by Crippen LogP contribution is 2.38. The zero-order valence-corrected chi connectivity index (χ0v) is 12.5. The molecule has 2 aromatic carbocycles. The molecule has 5 heteroatoms.